The van der Waals surface area contributed by atoms with Crippen LogP contribution in [0.3, 0.4) is 0 Å². The number of benzene rings is 1. The normalized spacial score (nSPS) is 12.4. The van der Waals surface area contributed by atoms with Crippen molar-refractivity contribution in [3.63, 3.8) is 0 Å². The molecular weight excluding hydrogens is 493 g/mol. The van der Waals surface area contributed by atoms with Gasteiger partial charge < -0.3 is 19.5 Å². The van der Waals surface area contributed by atoms with Gasteiger partial charge in [0.25, 0.3) is 0 Å². The molecule has 1 aromatic carbocycles. The fourth-order valence-corrected chi connectivity index (χ4v) is 4.34. The number of imidazole rings is 1. The van der Waals surface area contributed by atoms with Crippen LogP contribution in [-0.2, 0) is 21.3 Å². The molecule has 10 nitrogen and oxygen atoms in total. The van der Waals surface area contributed by atoms with Gasteiger partial charge in [0.15, 0.2) is 6.61 Å². The largest absolute Gasteiger partial charge is 0.505 e. The summed E-state index contributed by atoms with van der Waals surface area (Å²) in [6, 6.07) is 7.25. The number of pyridine rings is 1. The molecule has 1 N–H and O–H groups in total. The van der Waals surface area contributed by atoms with E-state index in [9.17, 15) is 27.0 Å². The van der Waals surface area contributed by atoms with Gasteiger partial charge in [-0.3, -0.25) is 9.19 Å². The summed E-state index contributed by atoms with van der Waals surface area (Å²) in [5, 5.41) is 8.52. The topological polar surface area (TPSA) is 124 Å². The molecule has 188 valence electrons. The first-order chi connectivity index (χ1) is 16.5. The highest BCUT2D eigenvalue weighted by molar-refractivity contribution is 7.84. The molecule has 0 saturated carbocycles. The average Bonchev–Trinajstić information content (AvgIpc) is 3.18. The van der Waals surface area contributed by atoms with Crippen LogP contribution in [0.15, 0.2) is 41.7 Å². The van der Waals surface area contributed by atoms with Crippen LogP contribution in [0.2, 0.25) is 0 Å². The molecule has 0 saturated heterocycles. The van der Waals surface area contributed by atoms with Gasteiger partial charge in [-0.15, -0.1) is 0 Å². The maximum absolute atomic E-state index is 13.3. The van der Waals surface area contributed by atoms with Gasteiger partial charge in [-0.05, 0) is 25.1 Å². The van der Waals surface area contributed by atoms with Crippen molar-refractivity contribution < 1.29 is 41.5 Å². The van der Waals surface area contributed by atoms with Gasteiger partial charge in [-0.1, -0.05) is 12.1 Å². The van der Waals surface area contributed by atoms with E-state index in [0.717, 1.165) is 4.57 Å². The molecule has 1 atom stereocenters. The van der Waals surface area contributed by atoms with E-state index >= 15 is 0 Å². The summed E-state index contributed by atoms with van der Waals surface area (Å²) in [5.74, 6) is -0.288. The smallest absolute Gasteiger partial charge is 0.484 e. The number of hydrogen-bond donors (Lipinski definition) is 1. The number of nitrogens with zero attached hydrogens (tertiary/aromatic N) is 4. The van der Waals surface area contributed by atoms with Gasteiger partial charge in [0.05, 0.1) is 39.8 Å². The highest BCUT2D eigenvalue weighted by Gasteiger charge is 2.29. The Morgan fingerprint density at radius 2 is 1.94 bits per heavy atom. The highest BCUT2D eigenvalue weighted by atomic mass is 32.2. The Labute approximate surface area is 199 Å². The van der Waals surface area contributed by atoms with Crippen molar-refractivity contribution >= 4 is 34.0 Å². The molecule has 0 unspecified atom stereocenters. The maximum atomic E-state index is 13.3. The second kappa shape index (κ2) is 10.7. The molecular formula is C21H21F3N4O6S. The first kappa shape index (κ1) is 25.9. The zero-order chi connectivity index (χ0) is 25.8. The lowest BCUT2D eigenvalue weighted by atomic mass is 10.2. The number of carbonyl (C=O) groups is 2. The molecule has 35 heavy (non-hydrogen) atoms. The number of rotatable bonds is 8. The Kier molecular flexibility index (Phi) is 7.94. The van der Waals surface area contributed by atoms with Crippen LogP contribution in [0.1, 0.15) is 11.3 Å². The number of carboxylic acid groups (broad SMARTS) is 1. The number of para-hydroxylation sites is 2. The Bertz CT molecular complexity index is 1260. The monoisotopic (exact) mass is 514 g/mol. The number of hydrogen-bond acceptors (Lipinski definition) is 7. The average molecular weight is 514 g/mol. The van der Waals surface area contributed by atoms with E-state index < -0.39 is 35.8 Å². The predicted octanol–water partition coefficient (Wildman–Crippen LogP) is 3.58. The van der Waals surface area contributed by atoms with Gasteiger partial charge in [-0.2, -0.15) is 13.2 Å². The Morgan fingerprint density at radius 1 is 1.23 bits per heavy atom. The van der Waals surface area contributed by atoms with E-state index in [1.165, 1.54) is 31.1 Å². The van der Waals surface area contributed by atoms with Crippen LogP contribution >= 0.6 is 0 Å². The van der Waals surface area contributed by atoms with E-state index in [4.69, 9.17) is 9.84 Å². The van der Waals surface area contributed by atoms with Crippen LogP contribution in [-0.4, -0.2) is 73.9 Å². The Balaban J connectivity index is 1.89. The zero-order valence-electron chi connectivity index (χ0n) is 18.6. The first-order valence-corrected chi connectivity index (χ1v) is 11.4. The van der Waals surface area contributed by atoms with Gasteiger partial charge in [-0.25, -0.2) is 19.1 Å². The SMILES string of the molecule is Cc1c(OCC(F)(F)F)ccnc1C[S@@](=O)c1nc2ccccc2n1C(=O)N(C)CCOC(=O)O. The van der Waals surface area contributed by atoms with Crippen LogP contribution in [0, 0.1) is 6.92 Å². The van der Waals surface area contributed by atoms with Gasteiger partial charge >= 0.3 is 18.4 Å². The number of likely N-dealkylation sites (N-methyl/N-ethyl adjacent to an activating group) is 1. The standard InChI is InChI=1S/C21H21F3N4O6S/c1-13-15(25-8-7-17(13)34-12-21(22,23)24)11-35(32)18-26-14-5-3-4-6-16(14)28(18)19(29)27(2)9-10-33-20(30)31/h3-8H,9-12H2,1-2H3,(H,30,31)/t35-/m1/s1. The summed E-state index contributed by atoms with van der Waals surface area (Å²) in [4.78, 5) is 33.3. The van der Waals surface area contributed by atoms with Crippen molar-refractivity contribution in [1.82, 2.24) is 19.4 Å². The summed E-state index contributed by atoms with van der Waals surface area (Å²) in [6.45, 7) is -0.322. The molecule has 2 heterocycles. The van der Waals surface area contributed by atoms with Crippen molar-refractivity contribution in [2.45, 2.75) is 24.0 Å². The minimum atomic E-state index is -4.52. The summed E-state index contributed by atoms with van der Waals surface area (Å²) in [6.07, 6.45) is -4.76. The molecule has 0 aliphatic rings. The fourth-order valence-electron chi connectivity index (χ4n) is 3.09. The number of ether oxygens (including phenoxy) is 2. The van der Waals surface area contributed by atoms with Crippen LogP contribution < -0.4 is 4.74 Å². The molecule has 1 amide bonds. The van der Waals surface area contributed by atoms with Crippen molar-refractivity contribution in [1.29, 1.82) is 0 Å². The molecule has 0 aliphatic carbocycles. The number of fused-ring (bicyclic) bond motifs is 1. The van der Waals surface area contributed by atoms with Crippen LogP contribution in [0.25, 0.3) is 11.0 Å². The molecule has 2 aromatic heterocycles. The third-order valence-corrected chi connectivity index (χ3v) is 6.04. The lowest BCUT2D eigenvalue weighted by Gasteiger charge is -2.18. The summed E-state index contributed by atoms with van der Waals surface area (Å²) >= 11 is 0. The summed E-state index contributed by atoms with van der Waals surface area (Å²) < 4.78 is 61.3. The predicted molar refractivity (Wildman–Crippen MR) is 118 cm³/mol. The molecule has 0 fully saturated rings. The molecule has 0 bridgehead atoms. The number of amides is 1. The van der Waals surface area contributed by atoms with Crippen LogP contribution in [0.4, 0.5) is 22.8 Å². The maximum Gasteiger partial charge on any atom is 0.505 e. The summed E-state index contributed by atoms with van der Waals surface area (Å²) in [7, 11) is -0.511. The minimum absolute atomic E-state index is 0.0490. The molecule has 0 radical (unpaired) electrons. The Morgan fingerprint density at radius 3 is 2.63 bits per heavy atom. The van der Waals surface area contributed by atoms with Gasteiger partial charge in [0.2, 0.25) is 5.16 Å². The van der Waals surface area contributed by atoms with E-state index in [-0.39, 0.29) is 41.1 Å². The number of alkyl halides is 3. The second-order valence-electron chi connectivity index (χ2n) is 7.31. The van der Waals surface area contributed by atoms with Crippen molar-refractivity contribution in [3.05, 3.63) is 47.8 Å². The zero-order valence-corrected chi connectivity index (χ0v) is 19.4. The first-order valence-electron chi connectivity index (χ1n) is 10.1. The van der Waals surface area contributed by atoms with E-state index in [1.807, 2.05) is 0 Å². The summed E-state index contributed by atoms with van der Waals surface area (Å²) in [5.41, 5.74) is 1.27. The molecule has 14 heteroatoms. The molecule has 3 rings (SSSR count). The van der Waals surface area contributed by atoms with Crippen LogP contribution in [0.5, 0.6) is 5.75 Å². The highest BCUT2D eigenvalue weighted by Crippen LogP contribution is 2.26. The van der Waals surface area contributed by atoms with E-state index in [0.29, 0.717) is 11.0 Å². The number of carbonyl (C=O) groups excluding carboxylic acids is 1. The fraction of sp³-hybridized carbons (Fsp3) is 0.333. The third-order valence-electron chi connectivity index (χ3n) is 4.82. The quantitative estimate of drug-likeness (QED) is 0.453. The van der Waals surface area contributed by atoms with Gasteiger partial charge in [0.1, 0.15) is 12.4 Å². The number of halogens is 3. The second-order valence-corrected chi connectivity index (χ2v) is 8.66. The molecule has 3 aromatic rings. The van der Waals surface area contributed by atoms with E-state index in [2.05, 4.69) is 14.7 Å². The molecule has 0 aliphatic heterocycles. The van der Waals surface area contributed by atoms with Gasteiger partial charge in [0, 0.05) is 18.8 Å². The minimum Gasteiger partial charge on any atom is -0.484 e. The lowest BCUT2D eigenvalue weighted by molar-refractivity contribution is -0.153. The Hall–Kier alpha value is -3.68. The van der Waals surface area contributed by atoms with E-state index in [1.54, 1.807) is 24.3 Å². The van der Waals surface area contributed by atoms with Crippen molar-refractivity contribution in [2.75, 3.05) is 26.8 Å². The van der Waals surface area contributed by atoms with Crippen molar-refractivity contribution in [3.8, 4) is 5.75 Å². The lowest BCUT2D eigenvalue weighted by Crippen LogP contribution is -2.35. The number of aromatic nitrogens is 3. The third kappa shape index (κ3) is 6.47. The van der Waals surface area contributed by atoms with Crippen molar-refractivity contribution in [2.24, 2.45) is 0 Å². The molecule has 0 spiro atoms.